The number of hydrogen-bond donors (Lipinski definition) is 1. The van der Waals surface area contributed by atoms with E-state index in [4.69, 9.17) is 9.84 Å². The second-order valence-electron chi connectivity index (χ2n) is 4.32. The molecule has 0 aliphatic heterocycles. The van der Waals surface area contributed by atoms with E-state index in [1.165, 1.54) is 5.56 Å². The molecule has 0 fully saturated rings. The van der Waals surface area contributed by atoms with Gasteiger partial charge in [-0.3, -0.25) is 0 Å². The van der Waals surface area contributed by atoms with Crippen LogP contribution in [0.15, 0.2) is 42.5 Å². The highest BCUT2D eigenvalue weighted by Gasteiger charge is 2.05. The van der Waals surface area contributed by atoms with E-state index in [9.17, 15) is 0 Å². The van der Waals surface area contributed by atoms with Crippen molar-refractivity contribution < 1.29 is 9.84 Å². The van der Waals surface area contributed by atoms with Crippen LogP contribution in [-0.4, -0.2) is 5.11 Å². The van der Waals surface area contributed by atoms with Crippen molar-refractivity contribution in [1.29, 1.82) is 0 Å². The summed E-state index contributed by atoms with van der Waals surface area (Å²) >= 11 is 0. The lowest BCUT2D eigenvalue weighted by molar-refractivity contribution is 0.281. The summed E-state index contributed by atoms with van der Waals surface area (Å²) in [6.07, 6.45) is 0.948. The Morgan fingerprint density at radius 2 is 1.83 bits per heavy atom. The third-order valence-corrected chi connectivity index (χ3v) is 3.00. The van der Waals surface area contributed by atoms with Crippen LogP contribution in [0.1, 0.15) is 23.6 Å². The van der Waals surface area contributed by atoms with Crippen molar-refractivity contribution in [3.8, 4) is 11.5 Å². The molecule has 0 unspecified atom stereocenters. The maximum atomic E-state index is 9.08. The van der Waals surface area contributed by atoms with Gasteiger partial charge in [0.1, 0.15) is 11.5 Å². The molecule has 2 heteroatoms. The van der Waals surface area contributed by atoms with E-state index in [0.29, 0.717) is 0 Å². The molecule has 0 radical (unpaired) electrons. The van der Waals surface area contributed by atoms with Crippen LogP contribution in [0, 0.1) is 6.92 Å². The van der Waals surface area contributed by atoms with Crippen LogP contribution in [0.2, 0.25) is 0 Å². The molecule has 0 amide bonds. The first-order valence-corrected chi connectivity index (χ1v) is 6.20. The normalized spacial score (nSPS) is 10.4. The van der Waals surface area contributed by atoms with Crippen LogP contribution in [0.3, 0.4) is 0 Å². The van der Waals surface area contributed by atoms with Gasteiger partial charge in [-0.2, -0.15) is 0 Å². The molecule has 2 rings (SSSR count). The van der Waals surface area contributed by atoms with Gasteiger partial charge in [-0.15, -0.1) is 0 Å². The second-order valence-corrected chi connectivity index (χ2v) is 4.32. The maximum absolute atomic E-state index is 9.08. The zero-order valence-electron chi connectivity index (χ0n) is 10.8. The van der Waals surface area contributed by atoms with E-state index in [2.05, 4.69) is 13.0 Å². The van der Waals surface area contributed by atoms with Crippen molar-refractivity contribution in [2.75, 3.05) is 0 Å². The van der Waals surface area contributed by atoms with Crippen LogP contribution in [0.5, 0.6) is 11.5 Å². The van der Waals surface area contributed by atoms with Crippen molar-refractivity contribution in [3.63, 3.8) is 0 Å². The number of benzene rings is 2. The Kier molecular flexibility index (Phi) is 4.00. The third kappa shape index (κ3) is 2.71. The molecule has 1 N–H and O–H groups in total. The van der Waals surface area contributed by atoms with Gasteiger partial charge >= 0.3 is 0 Å². The summed E-state index contributed by atoms with van der Waals surface area (Å²) in [5.74, 6) is 1.74. The summed E-state index contributed by atoms with van der Waals surface area (Å²) in [6, 6.07) is 13.8. The zero-order chi connectivity index (χ0) is 13.0. The van der Waals surface area contributed by atoms with E-state index >= 15 is 0 Å². The van der Waals surface area contributed by atoms with Crippen molar-refractivity contribution in [1.82, 2.24) is 0 Å². The van der Waals surface area contributed by atoms with Gasteiger partial charge in [-0.1, -0.05) is 37.3 Å². The summed E-state index contributed by atoms with van der Waals surface area (Å²) in [4.78, 5) is 0. The van der Waals surface area contributed by atoms with Gasteiger partial charge < -0.3 is 9.84 Å². The first kappa shape index (κ1) is 12.7. The lowest BCUT2D eigenvalue weighted by Gasteiger charge is -2.12. The Labute approximate surface area is 108 Å². The van der Waals surface area contributed by atoms with E-state index < -0.39 is 0 Å². The molecule has 0 aromatic heterocycles. The van der Waals surface area contributed by atoms with Gasteiger partial charge in [0.2, 0.25) is 0 Å². The number of hydrogen-bond acceptors (Lipinski definition) is 2. The maximum Gasteiger partial charge on any atom is 0.130 e. The van der Waals surface area contributed by atoms with Gasteiger partial charge in [0.05, 0.1) is 6.61 Å². The number of para-hydroxylation sites is 1. The van der Waals surface area contributed by atoms with Crippen LogP contribution < -0.4 is 4.74 Å². The first-order valence-electron chi connectivity index (χ1n) is 6.20. The lowest BCUT2D eigenvalue weighted by Crippen LogP contribution is -1.93. The van der Waals surface area contributed by atoms with Gasteiger partial charge in [0.15, 0.2) is 0 Å². The Morgan fingerprint density at radius 1 is 1.06 bits per heavy atom. The van der Waals surface area contributed by atoms with E-state index in [-0.39, 0.29) is 6.61 Å². The zero-order valence-corrected chi connectivity index (χ0v) is 10.8. The molecule has 0 spiro atoms. The number of ether oxygens (including phenoxy) is 1. The number of aryl methyl sites for hydroxylation is 2. The summed E-state index contributed by atoms with van der Waals surface area (Å²) in [5.41, 5.74) is 3.14. The SMILES string of the molecule is CCc1ccccc1Oc1ccc(CO)cc1C. The topological polar surface area (TPSA) is 29.5 Å². The average molecular weight is 242 g/mol. The monoisotopic (exact) mass is 242 g/mol. The minimum Gasteiger partial charge on any atom is -0.457 e. The Morgan fingerprint density at radius 3 is 2.50 bits per heavy atom. The molecule has 0 atom stereocenters. The largest absolute Gasteiger partial charge is 0.457 e. The van der Waals surface area contributed by atoms with Crippen molar-refractivity contribution in [2.45, 2.75) is 26.9 Å². The summed E-state index contributed by atoms with van der Waals surface area (Å²) in [5, 5.41) is 9.08. The molecule has 0 aliphatic rings. The third-order valence-electron chi connectivity index (χ3n) is 3.00. The predicted molar refractivity (Wildman–Crippen MR) is 73.0 cm³/mol. The van der Waals surface area contributed by atoms with Crippen molar-refractivity contribution in [2.24, 2.45) is 0 Å². The molecule has 0 bridgehead atoms. The fourth-order valence-corrected chi connectivity index (χ4v) is 1.94. The fraction of sp³-hybridized carbons (Fsp3) is 0.250. The van der Waals surface area contributed by atoms with Crippen LogP contribution in [0.4, 0.5) is 0 Å². The number of aliphatic hydroxyl groups excluding tert-OH is 1. The quantitative estimate of drug-likeness (QED) is 0.882. The predicted octanol–water partition coefficient (Wildman–Crippen LogP) is 3.84. The molecule has 0 aliphatic carbocycles. The number of rotatable bonds is 4. The summed E-state index contributed by atoms with van der Waals surface area (Å²) in [7, 11) is 0. The summed E-state index contributed by atoms with van der Waals surface area (Å²) in [6.45, 7) is 4.17. The van der Waals surface area contributed by atoms with E-state index in [1.54, 1.807) is 0 Å². The van der Waals surface area contributed by atoms with Crippen molar-refractivity contribution in [3.05, 3.63) is 59.2 Å². The molecule has 0 saturated heterocycles. The van der Waals surface area contributed by atoms with Gasteiger partial charge in [0.25, 0.3) is 0 Å². The molecular formula is C16H18O2. The molecule has 18 heavy (non-hydrogen) atoms. The van der Waals surface area contributed by atoms with Gasteiger partial charge in [-0.25, -0.2) is 0 Å². The first-order chi connectivity index (χ1) is 8.74. The smallest absolute Gasteiger partial charge is 0.130 e. The van der Waals surface area contributed by atoms with E-state index in [0.717, 1.165) is 29.0 Å². The van der Waals surface area contributed by atoms with E-state index in [1.807, 2.05) is 43.3 Å². The fourth-order valence-electron chi connectivity index (χ4n) is 1.94. The number of aliphatic hydroxyl groups is 1. The molecule has 2 aromatic rings. The molecule has 2 nitrogen and oxygen atoms in total. The van der Waals surface area contributed by atoms with Gasteiger partial charge in [-0.05, 0) is 42.2 Å². The molecule has 94 valence electrons. The molecule has 2 aromatic carbocycles. The highest BCUT2D eigenvalue weighted by atomic mass is 16.5. The highest BCUT2D eigenvalue weighted by Crippen LogP contribution is 2.28. The lowest BCUT2D eigenvalue weighted by atomic mass is 10.1. The Balaban J connectivity index is 2.28. The standard InChI is InChI=1S/C16H18O2/c1-3-14-6-4-5-7-16(14)18-15-9-8-13(11-17)10-12(15)2/h4-10,17H,3,11H2,1-2H3. The minimum atomic E-state index is 0.0622. The average Bonchev–Trinajstić information content (AvgIpc) is 2.41. The molecule has 0 saturated carbocycles. The van der Waals surface area contributed by atoms with Crippen molar-refractivity contribution >= 4 is 0 Å². The second kappa shape index (κ2) is 5.69. The Hall–Kier alpha value is -1.80. The van der Waals surface area contributed by atoms with Crippen LogP contribution in [-0.2, 0) is 13.0 Å². The van der Waals surface area contributed by atoms with Crippen LogP contribution in [0.25, 0.3) is 0 Å². The minimum absolute atomic E-state index is 0.0622. The Bertz CT molecular complexity index is 532. The highest BCUT2D eigenvalue weighted by molar-refractivity contribution is 5.42. The molecular weight excluding hydrogens is 224 g/mol. The molecule has 0 heterocycles. The van der Waals surface area contributed by atoms with Gasteiger partial charge in [0, 0.05) is 0 Å². The van der Waals surface area contributed by atoms with Crippen LogP contribution >= 0.6 is 0 Å². The summed E-state index contributed by atoms with van der Waals surface area (Å²) < 4.78 is 5.95.